The standard InChI is InChI=1S/C14H15N5O3/c1-2-10(20)16-8-4-6-19(7-8)12-11-9(3-5-15-12)17-13(21)14(22)18-11/h2-3,5,8H,1,4,6-7H2,(H,16,20)(H,17,21)(H,18,22)/t8-/m1/s1. The quantitative estimate of drug-likeness (QED) is 0.522. The van der Waals surface area contributed by atoms with Crippen LogP contribution in [0.2, 0.25) is 0 Å². The van der Waals surface area contributed by atoms with Crippen LogP contribution in [0.5, 0.6) is 0 Å². The summed E-state index contributed by atoms with van der Waals surface area (Å²) in [5.41, 5.74) is -0.393. The molecule has 1 amide bonds. The molecule has 1 saturated heterocycles. The van der Waals surface area contributed by atoms with Crippen molar-refractivity contribution in [2.24, 2.45) is 0 Å². The first-order valence-electron chi connectivity index (χ1n) is 6.87. The van der Waals surface area contributed by atoms with Crippen LogP contribution >= 0.6 is 0 Å². The van der Waals surface area contributed by atoms with Gasteiger partial charge >= 0.3 is 11.1 Å². The molecule has 0 radical (unpaired) electrons. The van der Waals surface area contributed by atoms with E-state index in [-0.39, 0.29) is 11.9 Å². The minimum Gasteiger partial charge on any atom is -0.353 e. The molecule has 114 valence electrons. The first-order valence-corrected chi connectivity index (χ1v) is 6.87. The van der Waals surface area contributed by atoms with Gasteiger partial charge in [0.1, 0.15) is 5.52 Å². The Balaban J connectivity index is 1.93. The van der Waals surface area contributed by atoms with Crippen molar-refractivity contribution in [2.75, 3.05) is 18.0 Å². The number of nitrogens with one attached hydrogen (secondary N) is 3. The SMILES string of the molecule is C=CC(=O)N[C@@H]1CCN(c2nccc3[nH]c(=O)c(=O)[nH]c23)C1. The van der Waals surface area contributed by atoms with Crippen LogP contribution in [0, 0.1) is 0 Å². The molecule has 3 rings (SSSR count). The summed E-state index contributed by atoms with van der Waals surface area (Å²) in [7, 11) is 0. The summed E-state index contributed by atoms with van der Waals surface area (Å²) < 4.78 is 0. The molecule has 8 heteroatoms. The average molecular weight is 301 g/mol. The van der Waals surface area contributed by atoms with Crippen LogP contribution in [0.4, 0.5) is 5.82 Å². The molecule has 22 heavy (non-hydrogen) atoms. The Labute approximate surface area is 124 Å². The predicted octanol–water partition coefficient (Wildman–Crippen LogP) is -0.508. The van der Waals surface area contributed by atoms with Crippen LogP contribution in [0.15, 0.2) is 34.5 Å². The fourth-order valence-electron chi connectivity index (χ4n) is 2.60. The van der Waals surface area contributed by atoms with Gasteiger partial charge in [-0.25, -0.2) is 4.98 Å². The third-order valence-electron chi connectivity index (χ3n) is 3.64. The molecule has 1 fully saturated rings. The predicted molar refractivity (Wildman–Crippen MR) is 81.9 cm³/mol. The Kier molecular flexibility index (Phi) is 3.50. The largest absolute Gasteiger partial charge is 0.353 e. The lowest BCUT2D eigenvalue weighted by Crippen LogP contribution is -2.36. The smallest absolute Gasteiger partial charge is 0.314 e. The number of carbonyl (C=O) groups excluding carboxylic acids is 1. The average Bonchev–Trinajstić information content (AvgIpc) is 2.96. The lowest BCUT2D eigenvalue weighted by molar-refractivity contribution is -0.117. The summed E-state index contributed by atoms with van der Waals surface area (Å²) in [6.07, 6.45) is 3.58. The van der Waals surface area contributed by atoms with Gasteiger partial charge in [-0.05, 0) is 18.6 Å². The van der Waals surface area contributed by atoms with Crippen molar-refractivity contribution in [3.05, 3.63) is 45.6 Å². The first kappa shape index (κ1) is 14.1. The summed E-state index contributed by atoms with van der Waals surface area (Å²) in [5.74, 6) is 0.372. The molecule has 0 unspecified atom stereocenters. The third-order valence-corrected chi connectivity index (χ3v) is 3.64. The number of carbonyl (C=O) groups is 1. The molecule has 0 aliphatic carbocycles. The van der Waals surface area contributed by atoms with Crippen molar-refractivity contribution in [3.8, 4) is 0 Å². The molecule has 2 aromatic heterocycles. The molecule has 0 spiro atoms. The van der Waals surface area contributed by atoms with E-state index in [1.165, 1.54) is 6.08 Å². The van der Waals surface area contributed by atoms with Crippen molar-refractivity contribution in [1.82, 2.24) is 20.3 Å². The number of H-pyrrole nitrogens is 2. The second-order valence-corrected chi connectivity index (χ2v) is 5.11. The van der Waals surface area contributed by atoms with Crippen molar-refractivity contribution in [3.63, 3.8) is 0 Å². The van der Waals surface area contributed by atoms with Gasteiger partial charge in [-0.3, -0.25) is 14.4 Å². The summed E-state index contributed by atoms with van der Waals surface area (Å²) in [4.78, 5) is 45.6. The number of aromatic nitrogens is 3. The van der Waals surface area contributed by atoms with E-state index < -0.39 is 11.1 Å². The van der Waals surface area contributed by atoms with Crippen LogP contribution in [0.3, 0.4) is 0 Å². The van der Waals surface area contributed by atoms with E-state index in [0.717, 1.165) is 6.42 Å². The minimum absolute atomic E-state index is 0.00274. The number of rotatable bonds is 3. The Bertz CT molecular complexity index is 853. The van der Waals surface area contributed by atoms with Gasteiger partial charge in [0.05, 0.1) is 5.52 Å². The van der Waals surface area contributed by atoms with Crippen molar-refractivity contribution in [1.29, 1.82) is 0 Å². The fourth-order valence-corrected chi connectivity index (χ4v) is 2.60. The number of pyridine rings is 1. The zero-order chi connectivity index (χ0) is 15.7. The number of fused-ring (bicyclic) bond motifs is 1. The molecular formula is C14H15N5O3. The lowest BCUT2D eigenvalue weighted by Gasteiger charge is -2.19. The Morgan fingerprint density at radius 1 is 1.41 bits per heavy atom. The minimum atomic E-state index is -0.711. The van der Waals surface area contributed by atoms with Crippen molar-refractivity contribution in [2.45, 2.75) is 12.5 Å². The highest BCUT2D eigenvalue weighted by molar-refractivity contribution is 5.87. The van der Waals surface area contributed by atoms with Gasteiger partial charge in [-0.1, -0.05) is 6.58 Å². The van der Waals surface area contributed by atoms with Crippen LogP contribution in [0.1, 0.15) is 6.42 Å². The monoisotopic (exact) mass is 301 g/mol. The summed E-state index contributed by atoms with van der Waals surface area (Å²) in [5, 5.41) is 2.84. The van der Waals surface area contributed by atoms with Crippen LogP contribution < -0.4 is 21.3 Å². The van der Waals surface area contributed by atoms with Gasteiger partial charge in [0.15, 0.2) is 5.82 Å². The Morgan fingerprint density at radius 3 is 2.95 bits per heavy atom. The van der Waals surface area contributed by atoms with Crippen LogP contribution in [-0.2, 0) is 4.79 Å². The van der Waals surface area contributed by atoms with Gasteiger partial charge in [0.25, 0.3) is 0 Å². The Morgan fingerprint density at radius 2 is 2.18 bits per heavy atom. The molecule has 1 aliphatic rings. The zero-order valence-corrected chi connectivity index (χ0v) is 11.8. The summed E-state index contributed by atoms with van der Waals surface area (Å²) in [6.45, 7) is 4.69. The van der Waals surface area contributed by atoms with E-state index in [9.17, 15) is 14.4 Å². The van der Waals surface area contributed by atoms with E-state index in [0.29, 0.717) is 29.9 Å². The number of hydrogen-bond donors (Lipinski definition) is 3. The second kappa shape index (κ2) is 5.47. The van der Waals surface area contributed by atoms with Crippen LogP contribution in [0.25, 0.3) is 11.0 Å². The summed E-state index contributed by atoms with van der Waals surface area (Å²) >= 11 is 0. The second-order valence-electron chi connectivity index (χ2n) is 5.11. The molecule has 3 heterocycles. The van der Waals surface area contributed by atoms with E-state index in [1.54, 1.807) is 12.3 Å². The van der Waals surface area contributed by atoms with E-state index in [1.807, 2.05) is 4.90 Å². The van der Waals surface area contributed by atoms with E-state index in [2.05, 4.69) is 26.8 Å². The molecule has 2 aromatic rings. The first-order chi connectivity index (χ1) is 10.6. The molecule has 1 aliphatic heterocycles. The van der Waals surface area contributed by atoms with Gasteiger partial charge in [-0.15, -0.1) is 0 Å². The highest BCUT2D eigenvalue weighted by Gasteiger charge is 2.25. The number of aromatic amines is 2. The maximum Gasteiger partial charge on any atom is 0.314 e. The van der Waals surface area contributed by atoms with Crippen LogP contribution in [-0.4, -0.2) is 40.0 Å². The maximum atomic E-state index is 11.5. The maximum absolute atomic E-state index is 11.5. The zero-order valence-electron chi connectivity index (χ0n) is 11.8. The third kappa shape index (κ3) is 2.50. The van der Waals surface area contributed by atoms with Gasteiger partial charge < -0.3 is 20.2 Å². The van der Waals surface area contributed by atoms with Gasteiger partial charge in [0.2, 0.25) is 5.91 Å². The highest BCUT2D eigenvalue weighted by atomic mass is 16.2. The Hall–Kier alpha value is -2.90. The molecule has 0 saturated carbocycles. The van der Waals surface area contributed by atoms with E-state index in [4.69, 9.17) is 0 Å². The van der Waals surface area contributed by atoms with Gasteiger partial charge in [0, 0.05) is 25.3 Å². The summed E-state index contributed by atoms with van der Waals surface area (Å²) in [6, 6.07) is 1.63. The molecule has 1 atom stereocenters. The van der Waals surface area contributed by atoms with E-state index >= 15 is 0 Å². The topological polar surface area (TPSA) is 111 Å². The molecule has 3 N–H and O–H groups in total. The number of nitrogens with zero attached hydrogens (tertiary/aromatic N) is 2. The number of amides is 1. The number of hydrogen-bond acceptors (Lipinski definition) is 5. The lowest BCUT2D eigenvalue weighted by atomic mass is 10.2. The van der Waals surface area contributed by atoms with Crippen molar-refractivity contribution < 1.29 is 4.79 Å². The number of anilines is 1. The normalized spacial score (nSPS) is 17.6. The molecular weight excluding hydrogens is 286 g/mol. The van der Waals surface area contributed by atoms with Crippen molar-refractivity contribution >= 4 is 22.8 Å². The highest BCUT2D eigenvalue weighted by Crippen LogP contribution is 2.23. The molecule has 0 aromatic carbocycles. The van der Waals surface area contributed by atoms with Gasteiger partial charge in [-0.2, -0.15) is 0 Å². The molecule has 8 nitrogen and oxygen atoms in total. The fraction of sp³-hybridized carbons (Fsp3) is 0.286. The molecule has 0 bridgehead atoms.